The van der Waals surface area contributed by atoms with Gasteiger partial charge in [-0.1, -0.05) is 20.8 Å². The third kappa shape index (κ3) is 2.21. The van der Waals surface area contributed by atoms with Gasteiger partial charge in [0.15, 0.2) is 0 Å². The van der Waals surface area contributed by atoms with E-state index >= 15 is 0 Å². The van der Waals surface area contributed by atoms with Crippen LogP contribution in [0.25, 0.3) is 0 Å². The molecule has 1 heterocycles. The van der Waals surface area contributed by atoms with Crippen LogP contribution in [0.1, 0.15) is 41.0 Å². The predicted molar refractivity (Wildman–Crippen MR) is 56.2 cm³/mol. The molecule has 1 aliphatic heterocycles. The Kier molecular flexibility index (Phi) is 3.34. The van der Waals surface area contributed by atoms with Gasteiger partial charge in [0.1, 0.15) is 5.60 Å². The number of carbonyl (C=O) groups is 1. The van der Waals surface area contributed by atoms with Crippen LogP contribution in [0.3, 0.4) is 0 Å². The zero-order valence-corrected chi connectivity index (χ0v) is 10.7. The van der Waals surface area contributed by atoms with Gasteiger partial charge in [-0.15, -0.1) is 0 Å². The highest BCUT2D eigenvalue weighted by atomic mass is 17.5. The van der Waals surface area contributed by atoms with Gasteiger partial charge in [-0.3, -0.25) is 0 Å². The number of hydrogen-bond donors (Lipinski definition) is 0. The van der Waals surface area contributed by atoms with Crippen molar-refractivity contribution in [3.05, 3.63) is 0 Å². The fourth-order valence-corrected chi connectivity index (χ4v) is 1.12. The van der Waals surface area contributed by atoms with E-state index in [1.165, 1.54) is 7.11 Å². The maximum Gasteiger partial charge on any atom is 0.439 e. The minimum Gasteiger partial charge on any atom is -0.453 e. The molecule has 1 fully saturated rings. The summed E-state index contributed by atoms with van der Waals surface area (Å²) in [6.45, 7) is 9.84. The summed E-state index contributed by atoms with van der Waals surface area (Å²) in [6.07, 6.45) is 0.884. The van der Waals surface area contributed by atoms with Crippen molar-refractivity contribution in [3.63, 3.8) is 0 Å². The lowest BCUT2D eigenvalue weighted by molar-refractivity contribution is -0.195. The molecule has 0 N–H and O–H groups in total. The first-order chi connectivity index (χ1) is 7.21. The lowest BCUT2D eigenvalue weighted by Crippen LogP contribution is -2.46. The highest BCUT2D eigenvalue weighted by Crippen LogP contribution is 2.40. The normalized spacial score (nSPS) is 19.4. The molecule has 0 unspecified atom stereocenters. The number of carbonyl (C=O) groups excluding carboxylic acids is 1. The molecule has 5 heteroatoms. The molecule has 94 valence electrons. The van der Waals surface area contributed by atoms with Crippen LogP contribution in [0.2, 0.25) is 0 Å². The van der Waals surface area contributed by atoms with Crippen LogP contribution in [-0.2, 0) is 24.0 Å². The van der Waals surface area contributed by atoms with E-state index in [0.717, 1.165) is 6.42 Å². The molecule has 16 heavy (non-hydrogen) atoms. The van der Waals surface area contributed by atoms with Crippen LogP contribution in [0.4, 0.5) is 0 Å². The summed E-state index contributed by atoms with van der Waals surface area (Å²) >= 11 is 0. The van der Waals surface area contributed by atoms with E-state index in [1.807, 2.05) is 34.6 Å². The molecule has 0 saturated carbocycles. The topological polar surface area (TPSA) is 60.6 Å². The lowest BCUT2D eigenvalue weighted by Gasteiger charge is -2.40. The highest BCUT2D eigenvalue weighted by molar-refractivity contribution is 5.77. The smallest absolute Gasteiger partial charge is 0.439 e. The van der Waals surface area contributed by atoms with Gasteiger partial charge in [-0.25, -0.2) is 4.79 Å². The summed E-state index contributed by atoms with van der Waals surface area (Å²) in [7, 11) is 1.33. The van der Waals surface area contributed by atoms with Crippen molar-refractivity contribution in [2.24, 2.45) is 5.41 Å². The number of rotatable bonds is 5. The molecule has 0 amide bonds. The van der Waals surface area contributed by atoms with Gasteiger partial charge >= 0.3 is 11.9 Å². The van der Waals surface area contributed by atoms with E-state index in [1.54, 1.807) is 0 Å². The van der Waals surface area contributed by atoms with Crippen molar-refractivity contribution in [2.45, 2.75) is 52.6 Å². The monoisotopic (exact) mass is 232 g/mol. The summed E-state index contributed by atoms with van der Waals surface area (Å²) < 4.78 is 10.2. The van der Waals surface area contributed by atoms with Crippen LogP contribution in [0.15, 0.2) is 0 Å². The van der Waals surface area contributed by atoms with Crippen LogP contribution in [-0.4, -0.2) is 24.7 Å². The SMILES string of the molecule is CCC(C)(C)C(C)(C)OC(=O)C1(OC)OO1. The minimum absolute atomic E-state index is 0.146. The second-order valence-corrected chi connectivity index (χ2v) is 5.06. The third-order valence-corrected chi connectivity index (χ3v) is 3.62. The summed E-state index contributed by atoms with van der Waals surface area (Å²) in [6, 6.07) is 0. The number of ether oxygens (including phenoxy) is 2. The molecule has 0 radical (unpaired) electrons. The van der Waals surface area contributed by atoms with Crippen molar-refractivity contribution in [3.8, 4) is 0 Å². The summed E-state index contributed by atoms with van der Waals surface area (Å²) in [5, 5.41) is 0. The number of methoxy groups -OCH3 is 1. The van der Waals surface area contributed by atoms with E-state index in [9.17, 15) is 4.79 Å². The van der Waals surface area contributed by atoms with Gasteiger partial charge in [-0.05, 0) is 20.3 Å². The average Bonchev–Trinajstić information content (AvgIpc) is 2.97. The first-order valence-electron chi connectivity index (χ1n) is 5.36. The average molecular weight is 232 g/mol. The molecule has 1 saturated heterocycles. The van der Waals surface area contributed by atoms with Gasteiger partial charge in [-0.2, -0.15) is 9.78 Å². The number of esters is 1. The van der Waals surface area contributed by atoms with Gasteiger partial charge in [0.2, 0.25) is 0 Å². The van der Waals surface area contributed by atoms with E-state index in [4.69, 9.17) is 9.47 Å². The lowest BCUT2D eigenvalue weighted by atomic mass is 9.75. The van der Waals surface area contributed by atoms with Gasteiger partial charge < -0.3 is 9.47 Å². The zero-order chi connectivity index (χ0) is 12.6. The first kappa shape index (κ1) is 13.4. The van der Waals surface area contributed by atoms with Crippen LogP contribution in [0.5, 0.6) is 0 Å². The van der Waals surface area contributed by atoms with Gasteiger partial charge in [0.25, 0.3) is 0 Å². The molecule has 0 atom stereocenters. The molecule has 1 rings (SSSR count). The summed E-state index contributed by atoms with van der Waals surface area (Å²) in [4.78, 5) is 20.7. The largest absolute Gasteiger partial charge is 0.453 e. The highest BCUT2D eigenvalue weighted by Gasteiger charge is 2.62. The van der Waals surface area contributed by atoms with E-state index in [2.05, 4.69) is 9.78 Å². The molecule has 0 aromatic rings. The second kappa shape index (κ2) is 3.98. The Bertz CT molecular complexity index is 278. The van der Waals surface area contributed by atoms with Gasteiger partial charge in [0, 0.05) is 12.5 Å². The zero-order valence-electron chi connectivity index (χ0n) is 10.7. The number of hydrogen-bond acceptors (Lipinski definition) is 5. The van der Waals surface area contributed by atoms with E-state index in [0.29, 0.717) is 0 Å². The Morgan fingerprint density at radius 1 is 1.25 bits per heavy atom. The predicted octanol–water partition coefficient (Wildman–Crippen LogP) is 2.01. The molecule has 0 spiro atoms. The molecule has 1 aliphatic rings. The van der Waals surface area contributed by atoms with Gasteiger partial charge in [0.05, 0.1) is 0 Å². The van der Waals surface area contributed by atoms with Crippen molar-refractivity contribution in [2.75, 3.05) is 7.11 Å². The molecular formula is C11H20O5. The van der Waals surface area contributed by atoms with Crippen LogP contribution in [0, 0.1) is 5.41 Å². The van der Waals surface area contributed by atoms with Crippen LogP contribution >= 0.6 is 0 Å². The van der Waals surface area contributed by atoms with Crippen molar-refractivity contribution < 1.29 is 24.0 Å². The van der Waals surface area contributed by atoms with E-state index < -0.39 is 17.5 Å². The Balaban J connectivity index is 2.70. The Morgan fingerprint density at radius 3 is 2.06 bits per heavy atom. The first-order valence-corrected chi connectivity index (χ1v) is 5.36. The molecular weight excluding hydrogens is 212 g/mol. The Morgan fingerprint density at radius 2 is 1.75 bits per heavy atom. The van der Waals surface area contributed by atoms with Crippen molar-refractivity contribution in [1.29, 1.82) is 0 Å². The van der Waals surface area contributed by atoms with Crippen LogP contribution < -0.4 is 0 Å². The Hall–Kier alpha value is -0.650. The molecule has 0 aliphatic carbocycles. The van der Waals surface area contributed by atoms with Crippen molar-refractivity contribution in [1.82, 2.24) is 0 Å². The summed E-state index contributed by atoms with van der Waals surface area (Å²) in [5.41, 5.74) is -0.772. The maximum atomic E-state index is 11.7. The summed E-state index contributed by atoms with van der Waals surface area (Å²) in [5.74, 6) is -2.29. The minimum atomic E-state index is -1.64. The standard InChI is InChI=1S/C11H20O5/c1-7-9(2,3)10(4,5)14-8(12)11(13-6)15-16-11/h7H2,1-6H3. The van der Waals surface area contributed by atoms with Crippen molar-refractivity contribution >= 4 is 5.97 Å². The molecule has 0 aromatic carbocycles. The second-order valence-electron chi connectivity index (χ2n) is 5.06. The third-order valence-electron chi connectivity index (χ3n) is 3.62. The molecule has 0 aromatic heterocycles. The van der Waals surface area contributed by atoms with E-state index in [-0.39, 0.29) is 5.41 Å². The maximum absolute atomic E-state index is 11.7. The molecule has 0 bridgehead atoms. The Labute approximate surface area is 95.9 Å². The fourth-order valence-electron chi connectivity index (χ4n) is 1.12. The quantitative estimate of drug-likeness (QED) is 0.412. The molecule has 5 nitrogen and oxygen atoms in total. The fraction of sp³-hybridized carbons (Fsp3) is 0.909.